The van der Waals surface area contributed by atoms with Gasteiger partial charge >= 0.3 is 5.97 Å². The molecule has 2 rings (SSSR count). The second-order valence-electron chi connectivity index (χ2n) is 5.99. The first-order valence-corrected chi connectivity index (χ1v) is 8.13. The lowest BCUT2D eigenvalue weighted by atomic mass is 9.84. The molecule has 0 bridgehead atoms. The molecule has 1 aromatic heterocycles. The number of carboxylic acid groups (broad SMARTS) is 1. The van der Waals surface area contributed by atoms with Crippen molar-refractivity contribution in [2.45, 2.75) is 44.7 Å². The number of aliphatic carboxylic acids is 1. The van der Waals surface area contributed by atoms with Crippen LogP contribution in [0.4, 0.5) is 0 Å². The van der Waals surface area contributed by atoms with E-state index in [9.17, 15) is 14.7 Å². The Balaban J connectivity index is 1.91. The number of hydrogen-bond acceptors (Lipinski definition) is 5. The fourth-order valence-electron chi connectivity index (χ4n) is 2.99. The Kier molecular flexibility index (Phi) is 6.89. The molecular weight excluding hydrogens is 310 g/mol. The molecular formula is C17H23N3O4. The van der Waals surface area contributed by atoms with Gasteiger partial charge in [-0.2, -0.15) is 0 Å². The van der Waals surface area contributed by atoms with E-state index in [4.69, 9.17) is 5.21 Å². The summed E-state index contributed by atoms with van der Waals surface area (Å²) >= 11 is 0. The van der Waals surface area contributed by atoms with Crippen LogP contribution in [0.25, 0.3) is 6.08 Å². The average molecular weight is 333 g/mol. The highest BCUT2D eigenvalue weighted by Crippen LogP contribution is 2.26. The zero-order chi connectivity index (χ0) is 17.4. The highest BCUT2D eigenvalue weighted by molar-refractivity contribution is 5.90. The van der Waals surface area contributed by atoms with Crippen molar-refractivity contribution in [2.24, 2.45) is 5.92 Å². The summed E-state index contributed by atoms with van der Waals surface area (Å²) in [5.74, 6) is -1.25. The molecule has 1 saturated carbocycles. The van der Waals surface area contributed by atoms with E-state index in [0.717, 1.165) is 31.4 Å². The number of hydroxylamine groups is 1. The molecule has 1 aliphatic carbocycles. The first-order chi connectivity index (χ1) is 11.6. The quantitative estimate of drug-likeness (QED) is 0.343. The third-order valence-electron chi connectivity index (χ3n) is 4.28. The van der Waals surface area contributed by atoms with E-state index in [1.54, 1.807) is 18.3 Å². The fraction of sp³-hybridized carbons (Fsp3) is 0.471. The minimum absolute atomic E-state index is 0.176. The smallest absolute Gasteiger partial charge is 0.320 e. The zero-order valence-corrected chi connectivity index (χ0v) is 13.4. The number of hydrogen-bond donors (Lipinski definition) is 4. The molecule has 7 heteroatoms. The molecule has 0 aliphatic heterocycles. The lowest BCUT2D eigenvalue weighted by Crippen LogP contribution is -2.43. The minimum Gasteiger partial charge on any atom is -0.480 e. The summed E-state index contributed by atoms with van der Waals surface area (Å²) in [5, 5.41) is 21.0. The number of rotatable bonds is 7. The van der Waals surface area contributed by atoms with Gasteiger partial charge in [-0.25, -0.2) is 5.48 Å². The third-order valence-corrected chi connectivity index (χ3v) is 4.28. The third kappa shape index (κ3) is 5.43. The highest BCUT2D eigenvalue weighted by atomic mass is 16.5. The van der Waals surface area contributed by atoms with Crippen molar-refractivity contribution in [3.05, 3.63) is 35.7 Å². The lowest BCUT2D eigenvalue weighted by molar-refractivity contribution is -0.141. The van der Waals surface area contributed by atoms with Gasteiger partial charge in [0.15, 0.2) is 0 Å². The van der Waals surface area contributed by atoms with Crippen LogP contribution >= 0.6 is 0 Å². The van der Waals surface area contributed by atoms with Gasteiger partial charge in [-0.05, 0) is 36.5 Å². The van der Waals surface area contributed by atoms with Crippen LogP contribution in [0, 0.1) is 5.92 Å². The van der Waals surface area contributed by atoms with E-state index in [-0.39, 0.29) is 5.92 Å². The molecule has 1 aromatic rings. The molecule has 1 fully saturated rings. The molecule has 1 aliphatic rings. The van der Waals surface area contributed by atoms with Crippen LogP contribution in [0.3, 0.4) is 0 Å². The van der Waals surface area contributed by atoms with E-state index >= 15 is 0 Å². The normalized spacial score (nSPS) is 16.9. The van der Waals surface area contributed by atoms with Gasteiger partial charge in [-0.3, -0.25) is 25.1 Å². The molecule has 1 heterocycles. The number of amides is 1. The van der Waals surface area contributed by atoms with Crippen molar-refractivity contribution in [3.8, 4) is 0 Å². The van der Waals surface area contributed by atoms with Crippen molar-refractivity contribution in [2.75, 3.05) is 0 Å². The summed E-state index contributed by atoms with van der Waals surface area (Å²) in [4.78, 5) is 26.7. The molecule has 24 heavy (non-hydrogen) atoms. The molecule has 0 aromatic carbocycles. The van der Waals surface area contributed by atoms with Gasteiger partial charge in [0.1, 0.15) is 6.04 Å². The zero-order valence-electron chi connectivity index (χ0n) is 13.4. The first kappa shape index (κ1) is 18.1. The first-order valence-electron chi connectivity index (χ1n) is 8.13. The molecule has 0 saturated heterocycles. The topological polar surface area (TPSA) is 112 Å². The number of pyridine rings is 1. The van der Waals surface area contributed by atoms with E-state index in [2.05, 4.69) is 10.3 Å². The van der Waals surface area contributed by atoms with Crippen molar-refractivity contribution in [1.29, 1.82) is 0 Å². The molecule has 0 radical (unpaired) electrons. The maximum absolute atomic E-state index is 11.5. The van der Waals surface area contributed by atoms with E-state index in [1.807, 2.05) is 0 Å². The number of carboxylic acids is 1. The predicted molar refractivity (Wildman–Crippen MR) is 88.0 cm³/mol. The Morgan fingerprint density at radius 3 is 2.62 bits per heavy atom. The van der Waals surface area contributed by atoms with Crippen LogP contribution in [0.2, 0.25) is 0 Å². The Bertz CT molecular complexity index is 580. The summed E-state index contributed by atoms with van der Waals surface area (Å²) in [6, 6.07) is 3.02. The number of aromatic nitrogens is 1. The molecule has 7 nitrogen and oxygen atoms in total. The Hall–Kier alpha value is -2.25. The SMILES string of the molecule is O=C(C=Cc1ccc(CN[C@H](C(=O)O)C2CCCCC2)nc1)NO. The average Bonchev–Trinajstić information content (AvgIpc) is 2.61. The summed E-state index contributed by atoms with van der Waals surface area (Å²) in [6.07, 6.45) is 9.59. The predicted octanol–water partition coefficient (Wildman–Crippen LogP) is 1.72. The van der Waals surface area contributed by atoms with Crippen molar-refractivity contribution in [1.82, 2.24) is 15.8 Å². The van der Waals surface area contributed by atoms with Crippen LogP contribution in [0.5, 0.6) is 0 Å². The molecule has 1 atom stereocenters. The summed E-state index contributed by atoms with van der Waals surface area (Å²) < 4.78 is 0. The van der Waals surface area contributed by atoms with Gasteiger partial charge in [0.2, 0.25) is 0 Å². The Morgan fingerprint density at radius 1 is 1.29 bits per heavy atom. The summed E-state index contributed by atoms with van der Waals surface area (Å²) in [6.45, 7) is 0.384. The number of carbonyl (C=O) groups excluding carboxylic acids is 1. The van der Waals surface area contributed by atoms with Crippen LogP contribution in [-0.2, 0) is 16.1 Å². The van der Waals surface area contributed by atoms with Crippen LogP contribution in [0.1, 0.15) is 43.4 Å². The molecule has 0 unspecified atom stereocenters. The van der Waals surface area contributed by atoms with Crippen LogP contribution in [-0.4, -0.2) is 33.2 Å². The van der Waals surface area contributed by atoms with E-state index in [0.29, 0.717) is 12.1 Å². The highest BCUT2D eigenvalue weighted by Gasteiger charge is 2.28. The second-order valence-corrected chi connectivity index (χ2v) is 5.99. The lowest BCUT2D eigenvalue weighted by Gasteiger charge is -2.28. The van der Waals surface area contributed by atoms with Crippen LogP contribution < -0.4 is 10.8 Å². The molecule has 4 N–H and O–H groups in total. The molecule has 130 valence electrons. The van der Waals surface area contributed by atoms with Gasteiger partial charge in [0.05, 0.1) is 5.69 Å². The number of nitrogens with one attached hydrogen (secondary N) is 2. The fourth-order valence-corrected chi connectivity index (χ4v) is 2.99. The van der Waals surface area contributed by atoms with Crippen molar-refractivity contribution in [3.63, 3.8) is 0 Å². The number of carbonyl (C=O) groups is 2. The summed E-state index contributed by atoms with van der Waals surface area (Å²) in [5.41, 5.74) is 2.96. The maximum atomic E-state index is 11.5. The molecule has 0 spiro atoms. The largest absolute Gasteiger partial charge is 0.480 e. The van der Waals surface area contributed by atoms with E-state index < -0.39 is 17.9 Å². The summed E-state index contributed by atoms with van der Waals surface area (Å²) in [7, 11) is 0. The number of nitrogens with zero attached hydrogens (tertiary/aromatic N) is 1. The van der Waals surface area contributed by atoms with Crippen molar-refractivity contribution >= 4 is 18.0 Å². The Labute approximate surface area is 140 Å². The minimum atomic E-state index is -0.809. The van der Waals surface area contributed by atoms with Gasteiger partial charge in [0, 0.05) is 18.8 Å². The monoisotopic (exact) mass is 333 g/mol. The maximum Gasteiger partial charge on any atom is 0.320 e. The Morgan fingerprint density at radius 2 is 2.04 bits per heavy atom. The van der Waals surface area contributed by atoms with E-state index in [1.165, 1.54) is 24.1 Å². The molecule has 1 amide bonds. The van der Waals surface area contributed by atoms with Crippen molar-refractivity contribution < 1.29 is 19.9 Å². The second kappa shape index (κ2) is 9.14. The van der Waals surface area contributed by atoms with Gasteiger partial charge in [-0.15, -0.1) is 0 Å². The standard InChI is InChI=1S/C17H23N3O4/c21-15(20-24)9-7-12-6-8-14(18-10-12)11-19-16(17(22)23)13-4-2-1-3-5-13/h6-10,13,16,19,24H,1-5,11H2,(H,20,21)(H,22,23)/t16-/m0/s1. The van der Waals surface area contributed by atoms with Gasteiger partial charge in [-0.1, -0.05) is 25.3 Å². The van der Waals surface area contributed by atoms with Crippen LogP contribution in [0.15, 0.2) is 24.4 Å². The van der Waals surface area contributed by atoms with Gasteiger partial charge in [0.25, 0.3) is 5.91 Å². The van der Waals surface area contributed by atoms with Gasteiger partial charge < -0.3 is 5.11 Å².